The average Bonchev–Trinajstić information content (AvgIpc) is 2.33. The van der Waals surface area contributed by atoms with Gasteiger partial charge in [-0.15, -0.1) is 0 Å². The number of carbonyl (C=O) groups excluding carboxylic acids is 1. The molecule has 0 amide bonds. The van der Waals surface area contributed by atoms with E-state index in [-0.39, 0.29) is 0 Å². The monoisotopic (exact) mass is 211 g/mol. The van der Waals surface area contributed by atoms with Gasteiger partial charge in [-0.1, -0.05) is 18.2 Å². The molecule has 0 aromatic heterocycles. The molecule has 0 spiro atoms. The maximum absolute atomic E-state index is 10.5. The van der Waals surface area contributed by atoms with Gasteiger partial charge in [0.2, 0.25) is 0 Å². The lowest BCUT2D eigenvalue weighted by molar-refractivity contribution is 0.112. The molecule has 2 heteroatoms. The molecule has 80 valence electrons. The SMILES string of the molecule is Cc1ccccc1Nc1ccc(C=O)cc1. The van der Waals surface area contributed by atoms with Crippen molar-refractivity contribution < 1.29 is 4.79 Å². The molecule has 2 rings (SSSR count). The van der Waals surface area contributed by atoms with Crippen LogP contribution in [-0.4, -0.2) is 6.29 Å². The summed E-state index contributed by atoms with van der Waals surface area (Å²) in [5.74, 6) is 0. The fraction of sp³-hybridized carbons (Fsp3) is 0.0714. The molecule has 0 atom stereocenters. The minimum Gasteiger partial charge on any atom is -0.355 e. The number of rotatable bonds is 3. The molecule has 2 nitrogen and oxygen atoms in total. The van der Waals surface area contributed by atoms with Crippen LogP contribution in [0.1, 0.15) is 15.9 Å². The Labute approximate surface area is 94.9 Å². The lowest BCUT2D eigenvalue weighted by Gasteiger charge is -2.08. The second-order valence-corrected chi connectivity index (χ2v) is 3.68. The second-order valence-electron chi connectivity index (χ2n) is 3.68. The first-order chi connectivity index (χ1) is 7.79. The summed E-state index contributed by atoms with van der Waals surface area (Å²) in [6.07, 6.45) is 0.845. The van der Waals surface area contributed by atoms with Crippen LogP contribution in [-0.2, 0) is 0 Å². The van der Waals surface area contributed by atoms with Crippen LogP contribution in [0.4, 0.5) is 11.4 Å². The molecule has 2 aromatic rings. The molecule has 0 radical (unpaired) electrons. The highest BCUT2D eigenvalue weighted by Gasteiger charge is 1.97. The number of anilines is 2. The van der Waals surface area contributed by atoms with E-state index in [0.717, 1.165) is 17.7 Å². The smallest absolute Gasteiger partial charge is 0.150 e. The van der Waals surface area contributed by atoms with E-state index in [0.29, 0.717) is 5.56 Å². The number of hydrogen-bond acceptors (Lipinski definition) is 2. The summed E-state index contributed by atoms with van der Waals surface area (Å²) in [5, 5.41) is 3.31. The first-order valence-corrected chi connectivity index (χ1v) is 5.17. The maximum atomic E-state index is 10.5. The number of hydrogen-bond donors (Lipinski definition) is 1. The summed E-state index contributed by atoms with van der Waals surface area (Å²) in [7, 11) is 0. The Morgan fingerprint density at radius 3 is 2.31 bits per heavy atom. The molecule has 16 heavy (non-hydrogen) atoms. The number of nitrogens with one attached hydrogen (secondary N) is 1. The number of aryl methyl sites for hydroxylation is 1. The van der Waals surface area contributed by atoms with Crippen molar-refractivity contribution in [1.82, 2.24) is 0 Å². The third-order valence-electron chi connectivity index (χ3n) is 2.47. The predicted octanol–water partition coefficient (Wildman–Crippen LogP) is 3.55. The van der Waals surface area contributed by atoms with E-state index < -0.39 is 0 Å². The zero-order chi connectivity index (χ0) is 11.4. The third kappa shape index (κ3) is 2.28. The van der Waals surface area contributed by atoms with E-state index in [1.54, 1.807) is 12.1 Å². The minimum atomic E-state index is 0.690. The maximum Gasteiger partial charge on any atom is 0.150 e. The van der Waals surface area contributed by atoms with Crippen molar-refractivity contribution in [1.29, 1.82) is 0 Å². The lowest BCUT2D eigenvalue weighted by Crippen LogP contribution is -1.92. The van der Waals surface area contributed by atoms with Crippen LogP contribution in [0.5, 0.6) is 0 Å². The van der Waals surface area contributed by atoms with Gasteiger partial charge in [-0.2, -0.15) is 0 Å². The van der Waals surface area contributed by atoms with Crippen LogP contribution >= 0.6 is 0 Å². The van der Waals surface area contributed by atoms with E-state index in [1.807, 2.05) is 30.3 Å². The van der Waals surface area contributed by atoms with Gasteiger partial charge in [0.15, 0.2) is 0 Å². The first-order valence-electron chi connectivity index (χ1n) is 5.17. The van der Waals surface area contributed by atoms with E-state index in [2.05, 4.69) is 18.3 Å². The topological polar surface area (TPSA) is 29.1 Å². The van der Waals surface area contributed by atoms with Gasteiger partial charge >= 0.3 is 0 Å². The van der Waals surface area contributed by atoms with E-state index in [1.165, 1.54) is 5.56 Å². The molecule has 0 aliphatic carbocycles. The zero-order valence-corrected chi connectivity index (χ0v) is 9.10. The van der Waals surface area contributed by atoms with Crippen molar-refractivity contribution in [3.63, 3.8) is 0 Å². The van der Waals surface area contributed by atoms with Crippen LogP contribution < -0.4 is 5.32 Å². The Morgan fingerprint density at radius 2 is 1.69 bits per heavy atom. The highest BCUT2D eigenvalue weighted by atomic mass is 16.1. The fourth-order valence-corrected chi connectivity index (χ4v) is 1.51. The molecular weight excluding hydrogens is 198 g/mol. The average molecular weight is 211 g/mol. The van der Waals surface area contributed by atoms with Gasteiger partial charge in [0.1, 0.15) is 6.29 Å². The quantitative estimate of drug-likeness (QED) is 0.786. The Bertz CT molecular complexity index is 488. The van der Waals surface area contributed by atoms with Gasteiger partial charge < -0.3 is 5.32 Å². The van der Waals surface area contributed by atoms with Crippen LogP contribution in [0.3, 0.4) is 0 Å². The Morgan fingerprint density at radius 1 is 1.00 bits per heavy atom. The molecule has 0 aliphatic heterocycles. The van der Waals surface area contributed by atoms with E-state index in [9.17, 15) is 4.79 Å². The largest absolute Gasteiger partial charge is 0.355 e. The normalized spacial score (nSPS) is 9.81. The van der Waals surface area contributed by atoms with E-state index in [4.69, 9.17) is 0 Å². The molecular formula is C14H13NO. The van der Waals surface area contributed by atoms with Crippen LogP contribution in [0.15, 0.2) is 48.5 Å². The lowest BCUT2D eigenvalue weighted by atomic mass is 10.2. The molecule has 0 aliphatic rings. The molecule has 0 fully saturated rings. The van der Waals surface area contributed by atoms with Gasteiger partial charge in [0, 0.05) is 16.9 Å². The summed E-state index contributed by atoms with van der Waals surface area (Å²) in [6, 6.07) is 15.5. The Hall–Kier alpha value is -2.09. The van der Waals surface area contributed by atoms with Crippen molar-refractivity contribution >= 4 is 17.7 Å². The number of carbonyl (C=O) groups is 1. The number of para-hydroxylation sites is 1. The van der Waals surface area contributed by atoms with Crippen LogP contribution in [0.2, 0.25) is 0 Å². The summed E-state index contributed by atoms with van der Waals surface area (Å²) >= 11 is 0. The summed E-state index contributed by atoms with van der Waals surface area (Å²) in [4.78, 5) is 10.5. The van der Waals surface area contributed by atoms with Crippen molar-refractivity contribution in [2.24, 2.45) is 0 Å². The van der Waals surface area contributed by atoms with Crippen molar-refractivity contribution in [3.05, 3.63) is 59.7 Å². The van der Waals surface area contributed by atoms with Crippen molar-refractivity contribution in [2.45, 2.75) is 6.92 Å². The molecule has 2 aromatic carbocycles. The minimum absolute atomic E-state index is 0.690. The van der Waals surface area contributed by atoms with Crippen LogP contribution in [0, 0.1) is 6.92 Å². The van der Waals surface area contributed by atoms with Gasteiger partial charge in [0.05, 0.1) is 0 Å². The molecule has 0 unspecified atom stereocenters. The molecule has 0 heterocycles. The molecule has 0 bridgehead atoms. The predicted molar refractivity (Wildman–Crippen MR) is 66.3 cm³/mol. The van der Waals surface area contributed by atoms with Crippen molar-refractivity contribution in [2.75, 3.05) is 5.32 Å². The Kier molecular flexibility index (Phi) is 3.01. The highest BCUT2D eigenvalue weighted by Crippen LogP contribution is 2.19. The Balaban J connectivity index is 2.21. The highest BCUT2D eigenvalue weighted by molar-refractivity contribution is 5.76. The van der Waals surface area contributed by atoms with Gasteiger partial charge in [0.25, 0.3) is 0 Å². The summed E-state index contributed by atoms with van der Waals surface area (Å²) in [5.41, 5.74) is 3.96. The summed E-state index contributed by atoms with van der Waals surface area (Å²) in [6.45, 7) is 2.06. The van der Waals surface area contributed by atoms with Crippen molar-refractivity contribution in [3.8, 4) is 0 Å². The first kappa shape index (κ1) is 10.4. The van der Waals surface area contributed by atoms with Gasteiger partial charge in [-0.25, -0.2) is 0 Å². The fourth-order valence-electron chi connectivity index (χ4n) is 1.51. The van der Waals surface area contributed by atoms with Gasteiger partial charge in [-0.05, 0) is 42.8 Å². The molecule has 1 N–H and O–H groups in total. The summed E-state index contributed by atoms with van der Waals surface area (Å²) < 4.78 is 0. The number of benzene rings is 2. The van der Waals surface area contributed by atoms with Crippen LogP contribution in [0.25, 0.3) is 0 Å². The molecule has 0 saturated carbocycles. The standard InChI is InChI=1S/C14H13NO/c1-11-4-2-3-5-14(11)15-13-8-6-12(10-16)7-9-13/h2-10,15H,1H3. The van der Waals surface area contributed by atoms with Gasteiger partial charge in [-0.3, -0.25) is 4.79 Å². The third-order valence-corrected chi connectivity index (χ3v) is 2.47. The number of aldehydes is 1. The zero-order valence-electron chi connectivity index (χ0n) is 9.10. The molecule has 0 saturated heterocycles. The second kappa shape index (κ2) is 4.62. The van der Waals surface area contributed by atoms with E-state index >= 15 is 0 Å².